The average molecular weight is 366 g/mol. The summed E-state index contributed by atoms with van der Waals surface area (Å²) in [6.07, 6.45) is 1.49. The van der Waals surface area contributed by atoms with E-state index in [9.17, 15) is 10.1 Å². The van der Waals surface area contributed by atoms with Gasteiger partial charge < -0.3 is 15.4 Å². The van der Waals surface area contributed by atoms with E-state index in [2.05, 4.69) is 26.1 Å². The maximum absolute atomic E-state index is 11.0. The van der Waals surface area contributed by atoms with Crippen LogP contribution in [0.1, 0.15) is 5.56 Å². The Morgan fingerprint density at radius 1 is 1.48 bits per heavy atom. The molecule has 0 atom stereocenters. The van der Waals surface area contributed by atoms with E-state index in [1.54, 1.807) is 19.2 Å². The molecule has 1 aliphatic rings. The predicted octanol–water partition coefficient (Wildman–Crippen LogP) is 0.767. The van der Waals surface area contributed by atoms with Gasteiger partial charge in [-0.3, -0.25) is 20.4 Å². The highest BCUT2D eigenvalue weighted by atomic mass is 32.1. The molecule has 0 radical (unpaired) electrons. The van der Waals surface area contributed by atoms with Gasteiger partial charge in [0.15, 0.2) is 5.11 Å². The van der Waals surface area contributed by atoms with E-state index in [4.69, 9.17) is 17.0 Å². The Labute approximate surface area is 151 Å². The molecule has 10 heteroatoms. The van der Waals surface area contributed by atoms with Gasteiger partial charge in [0.2, 0.25) is 0 Å². The summed E-state index contributed by atoms with van der Waals surface area (Å²) in [4.78, 5) is 12.9. The molecule has 1 saturated heterocycles. The van der Waals surface area contributed by atoms with Gasteiger partial charge in [-0.1, -0.05) is 6.07 Å². The minimum Gasteiger partial charge on any atom is -0.383 e. The van der Waals surface area contributed by atoms with Crippen LogP contribution in [-0.2, 0) is 4.74 Å². The highest BCUT2D eigenvalue weighted by Crippen LogP contribution is 2.24. The summed E-state index contributed by atoms with van der Waals surface area (Å²) < 4.78 is 5.29. The second kappa shape index (κ2) is 9.87. The Morgan fingerprint density at radius 2 is 2.24 bits per heavy atom. The van der Waals surface area contributed by atoms with Gasteiger partial charge in [0.25, 0.3) is 5.69 Å². The van der Waals surface area contributed by atoms with E-state index in [-0.39, 0.29) is 5.69 Å². The number of hydrogen-bond acceptors (Lipinski definition) is 7. The van der Waals surface area contributed by atoms with Crippen LogP contribution in [0.25, 0.3) is 0 Å². The first-order valence-electron chi connectivity index (χ1n) is 7.93. The zero-order valence-electron chi connectivity index (χ0n) is 14.0. The molecule has 1 aromatic rings. The van der Waals surface area contributed by atoms with E-state index in [1.807, 2.05) is 0 Å². The molecule has 0 aromatic heterocycles. The Bertz CT molecular complexity index is 634. The van der Waals surface area contributed by atoms with Gasteiger partial charge >= 0.3 is 0 Å². The summed E-state index contributed by atoms with van der Waals surface area (Å²) >= 11 is 5.15. The fraction of sp³-hybridized carbons (Fsp3) is 0.467. The molecule has 0 spiro atoms. The van der Waals surface area contributed by atoms with E-state index in [1.165, 1.54) is 12.3 Å². The van der Waals surface area contributed by atoms with Crippen molar-refractivity contribution >= 4 is 34.9 Å². The average Bonchev–Trinajstić information content (AvgIpc) is 2.62. The second-order valence-corrected chi connectivity index (χ2v) is 5.77. The molecule has 1 fully saturated rings. The lowest BCUT2D eigenvalue weighted by Crippen LogP contribution is -2.42. The number of nitro groups is 1. The van der Waals surface area contributed by atoms with Crippen molar-refractivity contribution in [3.63, 3.8) is 0 Å². The standard InChI is InChI=1S/C15H22N6O3S/c1-16-13-3-2-12(10-14(13)21(22)23)11-18-19-15(25)17-4-5-20-6-8-24-9-7-20/h2-3,10-11,16H,4-9H2,1H3,(H2,17,19,25). The van der Waals surface area contributed by atoms with Crippen LogP contribution >= 0.6 is 12.2 Å². The zero-order valence-corrected chi connectivity index (χ0v) is 14.8. The summed E-state index contributed by atoms with van der Waals surface area (Å²) in [6.45, 7) is 5.00. The molecule has 2 rings (SSSR count). The van der Waals surface area contributed by atoms with Crippen molar-refractivity contribution in [1.29, 1.82) is 0 Å². The molecule has 136 valence electrons. The van der Waals surface area contributed by atoms with Crippen LogP contribution < -0.4 is 16.1 Å². The summed E-state index contributed by atoms with van der Waals surface area (Å²) in [7, 11) is 1.64. The largest absolute Gasteiger partial charge is 0.383 e. The van der Waals surface area contributed by atoms with Gasteiger partial charge in [-0.15, -0.1) is 0 Å². The fourth-order valence-corrected chi connectivity index (χ4v) is 2.50. The van der Waals surface area contributed by atoms with Crippen LogP contribution in [0.4, 0.5) is 11.4 Å². The first-order chi connectivity index (χ1) is 12.1. The van der Waals surface area contributed by atoms with Crippen LogP contribution in [0.15, 0.2) is 23.3 Å². The molecule has 0 amide bonds. The number of anilines is 1. The van der Waals surface area contributed by atoms with E-state index >= 15 is 0 Å². The monoisotopic (exact) mass is 366 g/mol. The fourth-order valence-electron chi connectivity index (χ4n) is 2.35. The summed E-state index contributed by atoms with van der Waals surface area (Å²) in [5.74, 6) is 0. The van der Waals surface area contributed by atoms with E-state index in [0.717, 1.165) is 32.8 Å². The summed E-state index contributed by atoms with van der Waals surface area (Å²) in [5.41, 5.74) is 3.77. The third-order valence-electron chi connectivity index (χ3n) is 3.68. The van der Waals surface area contributed by atoms with Crippen LogP contribution in [0.5, 0.6) is 0 Å². The number of hydrazone groups is 1. The number of ether oxygens (including phenoxy) is 1. The third-order valence-corrected chi connectivity index (χ3v) is 3.92. The number of nitrogens with one attached hydrogen (secondary N) is 3. The van der Waals surface area contributed by atoms with Crippen molar-refractivity contribution in [3.8, 4) is 0 Å². The van der Waals surface area contributed by atoms with Crippen LogP contribution in [-0.4, -0.2) is 67.6 Å². The highest BCUT2D eigenvalue weighted by Gasteiger charge is 2.12. The molecule has 9 nitrogen and oxygen atoms in total. The van der Waals surface area contributed by atoms with Gasteiger partial charge in [0.1, 0.15) is 5.69 Å². The van der Waals surface area contributed by atoms with Crippen molar-refractivity contribution in [2.24, 2.45) is 5.10 Å². The Kier molecular flexibility index (Phi) is 7.51. The lowest BCUT2D eigenvalue weighted by atomic mass is 10.2. The molecule has 1 heterocycles. The SMILES string of the molecule is CNc1ccc(C=NNC(=S)NCCN2CCOCC2)cc1[N+](=O)[O-]. The number of nitro benzene ring substituents is 1. The van der Waals surface area contributed by atoms with Crippen molar-refractivity contribution in [2.75, 3.05) is 51.8 Å². The molecular formula is C15H22N6O3S. The highest BCUT2D eigenvalue weighted by molar-refractivity contribution is 7.80. The van der Waals surface area contributed by atoms with E-state index < -0.39 is 4.92 Å². The molecule has 1 aromatic carbocycles. The lowest BCUT2D eigenvalue weighted by molar-refractivity contribution is -0.383. The minimum atomic E-state index is -0.436. The number of benzene rings is 1. The van der Waals surface area contributed by atoms with Gasteiger partial charge in [-0.2, -0.15) is 5.10 Å². The maximum atomic E-state index is 11.0. The Morgan fingerprint density at radius 3 is 2.92 bits per heavy atom. The smallest absolute Gasteiger partial charge is 0.292 e. The number of thiocarbonyl (C=S) groups is 1. The van der Waals surface area contributed by atoms with E-state index in [0.29, 0.717) is 22.9 Å². The van der Waals surface area contributed by atoms with Gasteiger partial charge in [-0.05, 0) is 18.3 Å². The van der Waals surface area contributed by atoms with Crippen LogP contribution in [0.3, 0.4) is 0 Å². The summed E-state index contributed by atoms with van der Waals surface area (Å²) in [5, 5.41) is 21.3. The molecule has 0 saturated carbocycles. The van der Waals surface area contributed by atoms with Gasteiger partial charge in [0.05, 0.1) is 24.4 Å². The normalized spacial score (nSPS) is 15.1. The molecular weight excluding hydrogens is 344 g/mol. The molecule has 0 aliphatic carbocycles. The minimum absolute atomic E-state index is 0.00216. The third kappa shape index (κ3) is 6.25. The van der Waals surface area contributed by atoms with Crippen LogP contribution in [0.2, 0.25) is 0 Å². The maximum Gasteiger partial charge on any atom is 0.292 e. The number of rotatable bonds is 7. The molecule has 1 aliphatic heterocycles. The van der Waals surface area contributed by atoms with Crippen molar-refractivity contribution < 1.29 is 9.66 Å². The Hall–Kier alpha value is -2.30. The predicted molar refractivity (Wildman–Crippen MR) is 101 cm³/mol. The van der Waals surface area contributed by atoms with Crippen molar-refractivity contribution in [2.45, 2.75) is 0 Å². The van der Waals surface area contributed by atoms with Gasteiger partial charge in [-0.25, -0.2) is 0 Å². The zero-order chi connectivity index (χ0) is 18.1. The number of morpholine rings is 1. The molecule has 0 bridgehead atoms. The topological polar surface area (TPSA) is 104 Å². The van der Waals surface area contributed by atoms with Crippen molar-refractivity contribution in [1.82, 2.24) is 15.6 Å². The lowest BCUT2D eigenvalue weighted by Gasteiger charge is -2.26. The second-order valence-electron chi connectivity index (χ2n) is 5.36. The number of hydrogen-bond donors (Lipinski definition) is 3. The quantitative estimate of drug-likeness (QED) is 0.281. The van der Waals surface area contributed by atoms with Crippen LogP contribution in [0, 0.1) is 10.1 Å². The molecule has 3 N–H and O–H groups in total. The number of nitrogens with zero attached hydrogens (tertiary/aromatic N) is 3. The van der Waals surface area contributed by atoms with Crippen molar-refractivity contribution in [3.05, 3.63) is 33.9 Å². The van der Waals surface area contributed by atoms with Gasteiger partial charge in [0, 0.05) is 44.9 Å². The molecule has 0 unspecified atom stereocenters. The molecule has 25 heavy (non-hydrogen) atoms. The first kappa shape index (κ1) is 19.0. The Balaban J connectivity index is 1.76. The summed E-state index contributed by atoms with van der Waals surface area (Å²) in [6, 6.07) is 4.82. The first-order valence-corrected chi connectivity index (χ1v) is 8.34.